The smallest absolute Gasteiger partial charge is 0.123 e. The predicted molar refractivity (Wildman–Crippen MR) is 42.0 cm³/mol. The maximum Gasteiger partial charge on any atom is 0.123 e. The third kappa shape index (κ3) is 7.33. The number of hydrogen-bond donors (Lipinski definition) is 1. The van der Waals surface area contributed by atoms with Gasteiger partial charge in [0.15, 0.2) is 0 Å². The highest BCUT2D eigenvalue weighted by molar-refractivity contribution is 4.54. The zero-order valence-corrected chi connectivity index (χ0v) is 6.63. The van der Waals surface area contributed by atoms with Gasteiger partial charge in [0, 0.05) is 0 Å². The molecule has 0 aromatic carbocycles. The zero-order valence-electron chi connectivity index (χ0n) is 6.63. The summed E-state index contributed by atoms with van der Waals surface area (Å²) >= 11 is 0. The lowest BCUT2D eigenvalue weighted by Crippen LogP contribution is -2.05. The van der Waals surface area contributed by atoms with Crippen LogP contribution in [0.2, 0.25) is 0 Å². The summed E-state index contributed by atoms with van der Waals surface area (Å²) < 4.78 is 17.2. The molecule has 0 spiro atoms. The van der Waals surface area contributed by atoms with Gasteiger partial charge in [-0.1, -0.05) is 6.58 Å². The summed E-state index contributed by atoms with van der Waals surface area (Å²) in [6.07, 6.45) is 2.27. The number of halogens is 1. The summed E-state index contributed by atoms with van der Waals surface area (Å²) in [5.74, 6) is 0. The molecule has 0 aliphatic carbocycles. The van der Waals surface area contributed by atoms with Crippen LogP contribution in [-0.2, 0) is 4.74 Å². The van der Waals surface area contributed by atoms with Crippen LogP contribution in [0.1, 0.15) is 19.3 Å². The molecular weight excluding hydrogens is 147 g/mol. The van der Waals surface area contributed by atoms with Crippen LogP contribution >= 0.6 is 0 Å². The molecule has 0 aromatic rings. The molecule has 0 rings (SSSR count). The molecule has 11 heavy (non-hydrogen) atoms. The van der Waals surface area contributed by atoms with E-state index in [2.05, 4.69) is 6.58 Å². The minimum absolute atomic E-state index is 0.373. The van der Waals surface area contributed by atoms with Gasteiger partial charge in [0.2, 0.25) is 0 Å². The maximum atomic E-state index is 12.3. The average Bonchev–Trinajstić information content (AvgIpc) is 2.04. The molecule has 1 atom stereocenters. The van der Waals surface area contributed by atoms with Gasteiger partial charge in [0.1, 0.15) is 6.17 Å². The molecular formula is C8H15FO2. The van der Waals surface area contributed by atoms with Crippen LogP contribution in [0.4, 0.5) is 4.39 Å². The van der Waals surface area contributed by atoms with Crippen LogP contribution in [0.15, 0.2) is 12.8 Å². The first-order valence-electron chi connectivity index (χ1n) is 3.78. The molecule has 0 heterocycles. The van der Waals surface area contributed by atoms with Crippen LogP contribution in [0.5, 0.6) is 0 Å². The van der Waals surface area contributed by atoms with Crippen molar-refractivity contribution < 1.29 is 14.2 Å². The minimum Gasteiger partial charge on any atom is -0.502 e. The quantitative estimate of drug-likeness (QED) is 0.455. The number of unbranched alkanes of at least 4 members (excludes halogenated alkanes) is 1. The molecule has 1 N–H and O–H groups in total. The highest BCUT2D eigenvalue weighted by Gasteiger charge is 2.02. The topological polar surface area (TPSA) is 29.5 Å². The number of rotatable bonds is 7. The number of aliphatic hydroxyl groups excluding tert-OH is 1. The summed E-state index contributed by atoms with van der Waals surface area (Å²) in [7, 11) is 0. The number of hydrogen-bond acceptors (Lipinski definition) is 2. The minimum atomic E-state index is -1.07. The van der Waals surface area contributed by atoms with E-state index in [1.807, 2.05) is 0 Å². The van der Waals surface area contributed by atoms with Gasteiger partial charge in [-0.3, -0.25) is 0 Å². The van der Waals surface area contributed by atoms with E-state index >= 15 is 0 Å². The van der Waals surface area contributed by atoms with Crippen molar-refractivity contribution in [2.45, 2.75) is 25.4 Å². The van der Waals surface area contributed by atoms with Crippen molar-refractivity contribution in [3.8, 4) is 0 Å². The Balaban J connectivity index is 2.95. The van der Waals surface area contributed by atoms with Crippen LogP contribution in [-0.4, -0.2) is 24.5 Å². The molecule has 0 aliphatic rings. The van der Waals surface area contributed by atoms with E-state index in [1.165, 1.54) is 6.26 Å². The Labute approximate surface area is 66.7 Å². The van der Waals surface area contributed by atoms with Crippen molar-refractivity contribution >= 4 is 0 Å². The monoisotopic (exact) mass is 162 g/mol. The first-order chi connectivity index (χ1) is 5.31. The fraction of sp³-hybridized carbons (Fsp3) is 0.750. The van der Waals surface area contributed by atoms with Gasteiger partial charge in [0.25, 0.3) is 0 Å². The Kier molecular flexibility index (Phi) is 7.15. The van der Waals surface area contributed by atoms with Gasteiger partial charge in [0.05, 0.1) is 19.5 Å². The molecule has 66 valence electrons. The Bertz CT molecular complexity index is 96.1. The number of alkyl halides is 1. The lowest BCUT2D eigenvalue weighted by molar-refractivity contribution is 0.162. The van der Waals surface area contributed by atoms with E-state index in [0.717, 1.165) is 12.8 Å². The molecule has 0 aliphatic heterocycles. The van der Waals surface area contributed by atoms with Crippen molar-refractivity contribution in [1.82, 2.24) is 0 Å². The second-order valence-corrected chi connectivity index (χ2v) is 2.31. The molecule has 0 amide bonds. The molecule has 0 aromatic heterocycles. The standard InChI is InChI=1S/C8H15FO2/c1-2-11-6-4-3-5-8(9)7-10/h2,8,10H,1,3-7H2. The normalized spacial score (nSPS) is 12.5. The molecule has 2 nitrogen and oxygen atoms in total. The zero-order chi connectivity index (χ0) is 8.53. The molecule has 0 saturated carbocycles. The first kappa shape index (κ1) is 10.4. The predicted octanol–water partition coefficient (Wildman–Crippen LogP) is 1.65. The largest absolute Gasteiger partial charge is 0.502 e. The Morgan fingerprint density at radius 3 is 2.82 bits per heavy atom. The van der Waals surface area contributed by atoms with Crippen molar-refractivity contribution in [3.05, 3.63) is 12.8 Å². The van der Waals surface area contributed by atoms with Crippen LogP contribution in [0.3, 0.4) is 0 Å². The van der Waals surface area contributed by atoms with Crippen molar-refractivity contribution in [3.63, 3.8) is 0 Å². The molecule has 3 heteroatoms. The molecule has 0 radical (unpaired) electrons. The lowest BCUT2D eigenvalue weighted by atomic mass is 10.2. The molecule has 0 bridgehead atoms. The summed E-state index contributed by atoms with van der Waals surface area (Å²) in [6, 6.07) is 0. The van der Waals surface area contributed by atoms with Gasteiger partial charge in [-0.25, -0.2) is 4.39 Å². The van der Waals surface area contributed by atoms with E-state index in [9.17, 15) is 4.39 Å². The highest BCUT2D eigenvalue weighted by atomic mass is 19.1. The maximum absolute atomic E-state index is 12.3. The number of ether oxygens (including phenoxy) is 1. The van der Waals surface area contributed by atoms with Gasteiger partial charge >= 0.3 is 0 Å². The summed E-state index contributed by atoms with van der Waals surface area (Å²) in [4.78, 5) is 0. The van der Waals surface area contributed by atoms with Gasteiger partial charge in [-0.15, -0.1) is 0 Å². The highest BCUT2D eigenvalue weighted by Crippen LogP contribution is 2.03. The van der Waals surface area contributed by atoms with Gasteiger partial charge in [-0.05, 0) is 19.3 Å². The van der Waals surface area contributed by atoms with Gasteiger partial charge < -0.3 is 9.84 Å². The van der Waals surface area contributed by atoms with Gasteiger partial charge in [-0.2, -0.15) is 0 Å². The van der Waals surface area contributed by atoms with E-state index in [0.29, 0.717) is 13.0 Å². The average molecular weight is 162 g/mol. The third-order valence-electron chi connectivity index (χ3n) is 1.35. The first-order valence-corrected chi connectivity index (χ1v) is 3.78. The summed E-state index contributed by atoms with van der Waals surface area (Å²) in [5, 5.41) is 8.32. The second-order valence-electron chi connectivity index (χ2n) is 2.31. The third-order valence-corrected chi connectivity index (χ3v) is 1.35. The van der Waals surface area contributed by atoms with E-state index in [4.69, 9.17) is 9.84 Å². The molecule has 0 fully saturated rings. The van der Waals surface area contributed by atoms with E-state index in [-0.39, 0.29) is 6.61 Å². The van der Waals surface area contributed by atoms with Crippen molar-refractivity contribution in [2.75, 3.05) is 13.2 Å². The van der Waals surface area contributed by atoms with Crippen LogP contribution in [0, 0.1) is 0 Å². The molecule has 0 saturated heterocycles. The Hall–Kier alpha value is -0.570. The van der Waals surface area contributed by atoms with E-state index < -0.39 is 6.17 Å². The summed E-state index contributed by atoms with van der Waals surface area (Å²) in [5.41, 5.74) is 0. The Morgan fingerprint density at radius 2 is 2.27 bits per heavy atom. The van der Waals surface area contributed by atoms with Crippen LogP contribution < -0.4 is 0 Å². The van der Waals surface area contributed by atoms with Crippen molar-refractivity contribution in [1.29, 1.82) is 0 Å². The second kappa shape index (κ2) is 7.54. The van der Waals surface area contributed by atoms with E-state index in [1.54, 1.807) is 0 Å². The Morgan fingerprint density at radius 1 is 1.55 bits per heavy atom. The molecule has 1 unspecified atom stereocenters. The summed E-state index contributed by atoms with van der Waals surface area (Å²) in [6.45, 7) is 3.59. The number of aliphatic hydroxyl groups is 1. The lowest BCUT2D eigenvalue weighted by Gasteiger charge is -2.03. The fourth-order valence-electron chi connectivity index (χ4n) is 0.726. The fourth-order valence-corrected chi connectivity index (χ4v) is 0.726. The van der Waals surface area contributed by atoms with Crippen LogP contribution in [0.25, 0.3) is 0 Å². The SMILES string of the molecule is C=COCCCCC(F)CO. The van der Waals surface area contributed by atoms with Crippen molar-refractivity contribution in [2.24, 2.45) is 0 Å².